The van der Waals surface area contributed by atoms with Crippen molar-refractivity contribution in [3.8, 4) is 16.9 Å². The van der Waals surface area contributed by atoms with E-state index in [1.807, 2.05) is 47.5 Å². The first-order valence-electron chi connectivity index (χ1n) is 9.74. The number of nitrogens with zero attached hydrogens (tertiary/aromatic N) is 3. The number of nitrogens with one attached hydrogen (secondary N) is 1. The van der Waals surface area contributed by atoms with Crippen molar-refractivity contribution in [2.45, 2.75) is 18.9 Å². The Bertz CT molecular complexity index is 940. The van der Waals surface area contributed by atoms with Crippen LogP contribution in [0.15, 0.2) is 55.0 Å². The van der Waals surface area contributed by atoms with Crippen molar-refractivity contribution in [3.63, 3.8) is 0 Å². The van der Waals surface area contributed by atoms with E-state index in [2.05, 4.69) is 15.2 Å². The normalized spacial score (nSPS) is 16.2. The number of aromatic nitrogens is 3. The van der Waals surface area contributed by atoms with Gasteiger partial charge in [-0.1, -0.05) is 0 Å². The Hall–Kier alpha value is -3.19. The molecule has 0 spiro atoms. The Morgan fingerprint density at radius 2 is 1.97 bits per heavy atom. The molecule has 0 saturated carbocycles. The quantitative estimate of drug-likeness (QED) is 0.623. The van der Waals surface area contributed by atoms with Crippen molar-refractivity contribution < 1.29 is 14.3 Å². The van der Waals surface area contributed by atoms with Gasteiger partial charge in [0.05, 0.1) is 24.5 Å². The van der Waals surface area contributed by atoms with Gasteiger partial charge in [0.25, 0.3) is 5.91 Å². The lowest BCUT2D eigenvalue weighted by molar-refractivity contribution is 0.0733. The van der Waals surface area contributed by atoms with Crippen LogP contribution in [0.3, 0.4) is 0 Å². The van der Waals surface area contributed by atoms with Gasteiger partial charge in [0.1, 0.15) is 12.4 Å². The molecule has 2 aromatic heterocycles. The van der Waals surface area contributed by atoms with E-state index in [1.165, 1.54) is 0 Å². The van der Waals surface area contributed by atoms with Crippen LogP contribution in [-0.4, -0.2) is 52.9 Å². The van der Waals surface area contributed by atoms with E-state index in [4.69, 9.17) is 9.47 Å². The fourth-order valence-electron chi connectivity index (χ4n) is 3.72. The van der Waals surface area contributed by atoms with Gasteiger partial charge in [-0.05, 0) is 54.8 Å². The van der Waals surface area contributed by atoms with E-state index in [-0.39, 0.29) is 11.9 Å². The van der Waals surface area contributed by atoms with Crippen LogP contribution >= 0.6 is 0 Å². The smallest absolute Gasteiger partial charge is 0.254 e. The zero-order valence-electron chi connectivity index (χ0n) is 16.4. The molecule has 0 aliphatic carbocycles. The second-order valence-corrected chi connectivity index (χ2v) is 6.96. The topological polar surface area (TPSA) is 80.3 Å². The number of ether oxygens (including phenoxy) is 2. The van der Waals surface area contributed by atoms with Crippen LogP contribution in [0.5, 0.6) is 5.75 Å². The molecular weight excluding hydrogens is 368 g/mol. The van der Waals surface area contributed by atoms with Crippen LogP contribution in [0, 0.1) is 0 Å². The number of carbonyl (C=O) groups is 1. The largest absolute Gasteiger partial charge is 0.491 e. The molecule has 1 aliphatic heterocycles. The number of benzene rings is 1. The summed E-state index contributed by atoms with van der Waals surface area (Å²) in [5.74, 6) is 0.747. The van der Waals surface area contributed by atoms with Gasteiger partial charge in [0, 0.05) is 37.2 Å². The molecule has 4 rings (SSSR count). The van der Waals surface area contributed by atoms with Gasteiger partial charge in [-0.15, -0.1) is 0 Å². The maximum atomic E-state index is 13.2. The summed E-state index contributed by atoms with van der Waals surface area (Å²) in [5.41, 5.74) is 3.68. The second kappa shape index (κ2) is 8.87. The Balaban J connectivity index is 1.52. The third-order valence-corrected chi connectivity index (χ3v) is 5.16. The fourth-order valence-corrected chi connectivity index (χ4v) is 3.72. The maximum absolute atomic E-state index is 13.2. The highest BCUT2D eigenvalue weighted by Crippen LogP contribution is 2.37. The summed E-state index contributed by atoms with van der Waals surface area (Å²) >= 11 is 0. The molecule has 1 aromatic carbocycles. The SMILES string of the molecule is COCCOc1ccc(C(=O)N2CCCC2c2[nH]ncc2-c2ccncc2)cc1. The molecule has 0 radical (unpaired) electrons. The van der Waals surface area contributed by atoms with E-state index in [0.29, 0.717) is 18.8 Å². The molecule has 1 N–H and O–H groups in total. The predicted octanol–water partition coefficient (Wildman–Crippen LogP) is 3.47. The number of hydrogen-bond acceptors (Lipinski definition) is 5. The van der Waals surface area contributed by atoms with Crippen molar-refractivity contribution in [3.05, 3.63) is 66.2 Å². The maximum Gasteiger partial charge on any atom is 0.254 e. The first kappa shape index (κ1) is 19.1. The van der Waals surface area contributed by atoms with E-state index < -0.39 is 0 Å². The average Bonchev–Trinajstić information content (AvgIpc) is 3.44. The number of aromatic amines is 1. The number of hydrogen-bond donors (Lipinski definition) is 1. The van der Waals surface area contributed by atoms with Crippen LogP contribution in [-0.2, 0) is 4.74 Å². The van der Waals surface area contributed by atoms with E-state index >= 15 is 0 Å². The minimum atomic E-state index is -0.0224. The number of carbonyl (C=O) groups excluding carboxylic acids is 1. The Morgan fingerprint density at radius 3 is 2.72 bits per heavy atom. The predicted molar refractivity (Wildman–Crippen MR) is 109 cm³/mol. The lowest BCUT2D eigenvalue weighted by Crippen LogP contribution is -2.31. The molecular formula is C22H24N4O3. The van der Waals surface area contributed by atoms with Gasteiger partial charge in [-0.3, -0.25) is 14.9 Å². The highest BCUT2D eigenvalue weighted by atomic mass is 16.5. The molecule has 0 bridgehead atoms. The number of H-pyrrole nitrogens is 1. The Labute approximate surface area is 169 Å². The van der Waals surface area contributed by atoms with Gasteiger partial charge in [-0.2, -0.15) is 5.10 Å². The van der Waals surface area contributed by atoms with Gasteiger partial charge >= 0.3 is 0 Å². The number of rotatable bonds is 7. The summed E-state index contributed by atoms with van der Waals surface area (Å²) in [6.07, 6.45) is 7.21. The number of pyridine rings is 1. The van der Waals surface area contributed by atoms with Crippen LogP contribution < -0.4 is 4.74 Å². The van der Waals surface area contributed by atoms with Gasteiger partial charge in [0.2, 0.25) is 0 Å². The molecule has 1 atom stereocenters. The van der Waals surface area contributed by atoms with Crippen LogP contribution in [0.2, 0.25) is 0 Å². The summed E-state index contributed by atoms with van der Waals surface area (Å²) < 4.78 is 10.6. The monoisotopic (exact) mass is 392 g/mol. The lowest BCUT2D eigenvalue weighted by Gasteiger charge is -2.25. The lowest BCUT2D eigenvalue weighted by atomic mass is 10.0. The summed E-state index contributed by atoms with van der Waals surface area (Å²) in [4.78, 5) is 19.2. The Kier molecular flexibility index (Phi) is 5.86. The molecule has 1 amide bonds. The molecule has 1 unspecified atom stereocenters. The Morgan fingerprint density at radius 1 is 1.17 bits per heavy atom. The van der Waals surface area contributed by atoms with Crippen molar-refractivity contribution in [1.29, 1.82) is 0 Å². The average molecular weight is 392 g/mol. The van der Waals surface area contributed by atoms with Gasteiger partial charge in [0.15, 0.2) is 0 Å². The molecule has 1 saturated heterocycles. The van der Waals surface area contributed by atoms with Crippen molar-refractivity contribution in [2.24, 2.45) is 0 Å². The molecule has 29 heavy (non-hydrogen) atoms. The third-order valence-electron chi connectivity index (χ3n) is 5.16. The number of amides is 1. The van der Waals surface area contributed by atoms with E-state index in [9.17, 15) is 4.79 Å². The summed E-state index contributed by atoms with van der Waals surface area (Å²) in [7, 11) is 1.64. The van der Waals surface area contributed by atoms with Gasteiger partial charge < -0.3 is 14.4 Å². The molecule has 3 heterocycles. The summed E-state index contributed by atoms with van der Waals surface area (Å²) in [5, 5.41) is 7.37. The van der Waals surface area contributed by atoms with E-state index in [1.54, 1.807) is 19.5 Å². The van der Waals surface area contributed by atoms with Crippen LogP contribution in [0.4, 0.5) is 0 Å². The minimum absolute atomic E-state index is 0.0196. The van der Waals surface area contributed by atoms with Crippen LogP contribution in [0.25, 0.3) is 11.1 Å². The zero-order chi connectivity index (χ0) is 20.1. The zero-order valence-corrected chi connectivity index (χ0v) is 16.4. The second-order valence-electron chi connectivity index (χ2n) is 6.96. The number of methoxy groups -OCH3 is 1. The highest BCUT2D eigenvalue weighted by Gasteiger charge is 2.33. The highest BCUT2D eigenvalue weighted by molar-refractivity contribution is 5.95. The fraction of sp³-hybridized carbons (Fsp3) is 0.318. The number of likely N-dealkylation sites (tertiary alicyclic amines) is 1. The first-order valence-corrected chi connectivity index (χ1v) is 9.74. The summed E-state index contributed by atoms with van der Waals surface area (Å²) in [6, 6.07) is 11.2. The summed E-state index contributed by atoms with van der Waals surface area (Å²) in [6.45, 7) is 1.74. The first-order chi connectivity index (χ1) is 14.3. The van der Waals surface area contributed by atoms with Crippen molar-refractivity contribution in [2.75, 3.05) is 26.9 Å². The molecule has 150 valence electrons. The molecule has 3 aromatic rings. The molecule has 1 fully saturated rings. The van der Waals surface area contributed by atoms with Crippen LogP contribution in [0.1, 0.15) is 34.9 Å². The van der Waals surface area contributed by atoms with Crippen molar-refractivity contribution in [1.82, 2.24) is 20.1 Å². The third kappa shape index (κ3) is 4.14. The molecule has 7 heteroatoms. The van der Waals surface area contributed by atoms with E-state index in [0.717, 1.165) is 42.0 Å². The standard InChI is InChI=1S/C22H24N4O3/c1-28-13-14-29-18-6-4-17(5-7-18)22(27)26-12-2-3-20(26)21-19(15-24-25-21)16-8-10-23-11-9-16/h4-11,15,20H,2-3,12-14H2,1H3,(H,24,25). The molecule has 1 aliphatic rings. The van der Waals surface area contributed by atoms with Crippen molar-refractivity contribution >= 4 is 5.91 Å². The minimum Gasteiger partial charge on any atom is -0.491 e. The van der Waals surface area contributed by atoms with Gasteiger partial charge in [-0.25, -0.2) is 0 Å². The molecule has 7 nitrogen and oxygen atoms in total.